The van der Waals surface area contributed by atoms with E-state index in [-0.39, 0.29) is 5.05 Å². The van der Waals surface area contributed by atoms with Crippen molar-refractivity contribution in [2.45, 2.75) is 6.92 Å². The van der Waals surface area contributed by atoms with Crippen LogP contribution in [0.3, 0.4) is 0 Å². The lowest BCUT2D eigenvalue weighted by Gasteiger charge is -1.64. The summed E-state index contributed by atoms with van der Waals surface area (Å²) in [6, 6.07) is 0. The van der Waals surface area contributed by atoms with E-state index in [1.54, 1.807) is 0 Å². The molecule has 0 rings (SSSR count). The molecule has 0 aliphatic carbocycles. The van der Waals surface area contributed by atoms with Gasteiger partial charge in [0, 0.05) is 6.92 Å². The zero-order valence-corrected chi connectivity index (χ0v) is 5.50. The molecule has 7 heavy (non-hydrogen) atoms. The summed E-state index contributed by atoms with van der Waals surface area (Å²) in [7, 11) is 0. The van der Waals surface area contributed by atoms with E-state index in [2.05, 4.69) is 24.8 Å². The predicted octanol–water partition coefficient (Wildman–Crippen LogP) is 0.998. The molecule has 2 nitrogen and oxygen atoms in total. The number of carbonyl (C=O) groups excluding carboxylic acids is 1. The van der Waals surface area contributed by atoms with Crippen LogP contribution in [0.1, 0.15) is 6.92 Å². The number of aliphatic hydroxyl groups is 1. The van der Waals surface area contributed by atoms with Crippen LogP contribution in [0, 0.1) is 0 Å². The third-order valence-corrected chi connectivity index (χ3v) is 0. The summed E-state index contributed by atoms with van der Waals surface area (Å²) < 4.78 is 0. The van der Waals surface area contributed by atoms with E-state index >= 15 is 0 Å². The van der Waals surface area contributed by atoms with E-state index in [0.29, 0.717) is 5.62 Å². The van der Waals surface area contributed by atoms with Crippen molar-refractivity contribution < 1.29 is 9.90 Å². The fourth-order valence-corrected chi connectivity index (χ4v) is 0. The lowest BCUT2D eigenvalue weighted by molar-refractivity contribution is 0.565. The molecule has 0 radical (unpaired) electrons. The van der Waals surface area contributed by atoms with Crippen molar-refractivity contribution in [2.24, 2.45) is 0 Å². The van der Waals surface area contributed by atoms with Gasteiger partial charge in [-0.3, -0.25) is 4.79 Å². The zero-order chi connectivity index (χ0) is 6.28. The van der Waals surface area contributed by atoms with Crippen LogP contribution in [0.25, 0.3) is 0 Å². The van der Waals surface area contributed by atoms with Gasteiger partial charge in [0.15, 0.2) is 10.7 Å². The molecule has 0 fully saturated rings. The third kappa shape index (κ3) is 11200. The van der Waals surface area contributed by atoms with Crippen LogP contribution in [0.15, 0.2) is 0 Å². The van der Waals surface area contributed by atoms with E-state index in [4.69, 9.17) is 9.90 Å². The maximum Gasteiger partial charge on any atom is 0.173 e. The Bertz CT molecular complexity index is 58.0. The van der Waals surface area contributed by atoms with E-state index < -0.39 is 0 Å². The number of thiocarbonyl (C=S) groups is 1. The molecule has 42 valence electrons. The molecule has 0 heterocycles. The number of thiol groups is 1. The molecule has 0 atom stereocenters. The summed E-state index contributed by atoms with van der Waals surface area (Å²) in [6.07, 6.45) is 0. The maximum absolute atomic E-state index is 8.67. The number of aliphatic hydroxyl groups excluding tert-OH is 1. The first-order chi connectivity index (χ1) is 3.15. The van der Waals surface area contributed by atoms with Crippen molar-refractivity contribution in [3.05, 3.63) is 0 Å². The van der Waals surface area contributed by atoms with Crippen LogP contribution in [0.4, 0.5) is 0 Å². The highest BCUT2D eigenvalue weighted by atomic mass is 32.1. The van der Waals surface area contributed by atoms with Crippen molar-refractivity contribution in [1.29, 1.82) is 0 Å². The van der Waals surface area contributed by atoms with E-state index in [1.807, 2.05) is 0 Å². The van der Waals surface area contributed by atoms with Crippen LogP contribution >= 0.6 is 24.8 Å². The van der Waals surface area contributed by atoms with Gasteiger partial charge in [-0.25, -0.2) is 0 Å². The van der Waals surface area contributed by atoms with Gasteiger partial charge >= 0.3 is 0 Å². The minimum atomic E-state index is 0.000000000000000222. The summed E-state index contributed by atoms with van der Waals surface area (Å²) >= 11 is 7.20. The zero-order valence-electron chi connectivity index (χ0n) is 3.79. The summed E-state index contributed by atoms with van der Waals surface area (Å²) in [4.78, 5) is 8.67. The van der Waals surface area contributed by atoms with Crippen molar-refractivity contribution in [1.82, 2.24) is 0 Å². The van der Waals surface area contributed by atoms with Gasteiger partial charge in [-0.05, 0) is 12.2 Å². The quantitative estimate of drug-likeness (QED) is 0.298. The highest BCUT2D eigenvalue weighted by Gasteiger charge is 1.58. The fourth-order valence-electron chi connectivity index (χ4n) is 0. The van der Waals surface area contributed by atoms with Crippen LogP contribution in [0.2, 0.25) is 0 Å². The standard InChI is InChI=1S/C2H4OS.CH2OS/c1-2(3)4;2-1-3/h1H3,(H,3,4);1H,(H,2,3). The highest BCUT2D eigenvalue weighted by Crippen LogP contribution is 1.54. The Balaban J connectivity index is 0. The molecule has 0 saturated heterocycles. The van der Waals surface area contributed by atoms with Gasteiger partial charge in [-0.15, -0.1) is 12.6 Å². The molecule has 0 aliphatic heterocycles. The SMILES string of the molecule is CC(O)=S.O=CS. The molecule has 1 N–H and O–H groups in total. The van der Waals surface area contributed by atoms with Gasteiger partial charge in [0.25, 0.3) is 0 Å². The molecule has 0 aliphatic rings. The number of carbonyl (C=O) groups is 1. The predicted molar refractivity (Wildman–Crippen MR) is 36.6 cm³/mol. The van der Waals surface area contributed by atoms with E-state index in [1.165, 1.54) is 6.92 Å². The van der Waals surface area contributed by atoms with E-state index in [0.717, 1.165) is 0 Å². The van der Waals surface area contributed by atoms with Gasteiger partial charge < -0.3 is 5.11 Å². The molecular weight excluding hydrogens is 132 g/mol. The van der Waals surface area contributed by atoms with Gasteiger partial charge in [0.2, 0.25) is 0 Å². The van der Waals surface area contributed by atoms with Gasteiger partial charge in [-0.1, -0.05) is 0 Å². The molecule has 0 unspecified atom stereocenters. The Hall–Kier alpha value is -0.0900. The smallest absolute Gasteiger partial charge is 0.173 e. The van der Waals surface area contributed by atoms with Crippen molar-refractivity contribution in [3.63, 3.8) is 0 Å². The number of hydrogen-bond acceptors (Lipinski definition) is 2. The number of hydrogen-bond donors (Lipinski definition) is 2. The molecule has 0 saturated carbocycles. The molecule has 0 bridgehead atoms. The van der Waals surface area contributed by atoms with E-state index in [9.17, 15) is 0 Å². The Labute approximate surface area is 52.9 Å². The minimum absolute atomic E-state index is 0.000000000000000222. The monoisotopic (exact) mass is 138 g/mol. The first kappa shape index (κ1) is 10.0. The Morgan fingerprint density at radius 2 is 2.00 bits per heavy atom. The first-order valence-electron chi connectivity index (χ1n) is 1.42. The highest BCUT2D eigenvalue weighted by molar-refractivity contribution is 7.94. The fraction of sp³-hybridized carbons (Fsp3) is 0.333. The Kier molecular flexibility index (Phi) is 13.3. The summed E-state index contributed by atoms with van der Waals surface area (Å²) in [5.41, 5.74) is 0.444. The molecule has 0 spiro atoms. The average Bonchev–Trinajstić information content (AvgIpc) is 1.33. The third-order valence-electron chi connectivity index (χ3n) is 0. The molecule has 0 aromatic heterocycles. The van der Waals surface area contributed by atoms with Gasteiger partial charge in [-0.2, -0.15) is 0 Å². The van der Waals surface area contributed by atoms with Crippen molar-refractivity contribution >= 4 is 35.5 Å². The summed E-state index contributed by atoms with van der Waals surface area (Å²) in [5, 5.41) is 7.79. The van der Waals surface area contributed by atoms with Crippen LogP contribution in [-0.2, 0) is 4.79 Å². The van der Waals surface area contributed by atoms with Gasteiger partial charge in [0.1, 0.15) is 0 Å². The summed E-state index contributed by atoms with van der Waals surface area (Å²) in [6.45, 7) is 1.45. The van der Waals surface area contributed by atoms with Crippen LogP contribution < -0.4 is 0 Å². The molecule has 0 amide bonds. The molecule has 4 heteroatoms. The van der Waals surface area contributed by atoms with Gasteiger partial charge in [0.05, 0.1) is 0 Å². The maximum atomic E-state index is 8.67. The Morgan fingerprint density at radius 1 is 2.00 bits per heavy atom. The normalized spacial score (nSPS) is 5.43. The van der Waals surface area contributed by atoms with Crippen LogP contribution in [-0.4, -0.2) is 15.8 Å². The second-order valence-corrected chi connectivity index (χ2v) is 1.43. The Morgan fingerprint density at radius 3 is 2.00 bits per heavy atom. The number of rotatable bonds is 0. The second-order valence-electron chi connectivity index (χ2n) is 0.624. The largest absolute Gasteiger partial charge is 0.502 e. The minimum Gasteiger partial charge on any atom is -0.502 e. The lowest BCUT2D eigenvalue weighted by Crippen LogP contribution is -1.72. The van der Waals surface area contributed by atoms with Crippen molar-refractivity contribution in [3.8, 4) is 0 Å². The molecular formula is C3H6O2S2. The lowest BCUT2D eigenvalue weighted by atomic mass is 10.9. The molecule has 0 aromatic carbocycles. The van der Waals surface area contributed by atoms with Crippen LogP contribution in [0.5, 0.6) is 0 Å². The molecule has 0 aromatic rings. The second kappa shape index (κ2) is 9.32. The topological polar surface area (TPSA) is 37.3 Å². The first-order valence-corrected chi connectivity index (χ1v) is 2.35. The average molecular weight is 138 g/mol. The van der Waals surface area contributed by atoms with Crippen molar-refractivity contribution in [2.75, 3.05) is 0 Å². The summed E-state index contributed by atoms with van der Waals surface area (Å²) in [5.74, 6) is 0.